The highest BCUT2D eigenvalue weighted by molar-refractivity contribution is 6.11. The van der Waals surface area contributed by atoms with Gasteiger partial charge in [-0.15, -0.1) is 0 Å². The van der Waals surface area contributed by atoms with E-state index in [-0.39, 0.29) is 29.2 Å². The number of hydrogen-bond acceptors (Lipinski definition) is 6. The lowest BCUT2D eigenvalue weighted by Crippen LogP contribution is -2.68. The topological polar surface area (TPSA) is 70.9 Å². The van der Waals surface area contributed by atoms with Gasteiger partial charge < -0.3 is 9.64 Å². The van der Waals surface area contributed by atoms with Gasteiger partial charge in [-0.05, 0) is 27.0 Å². The number of carbonyl (C=O) groups is 1. The van der Waals surface area contributed by atoms with Gasteiger partial charge in [0.25, 0.3) is 11.5 Å². The van der Waals surface area contributed by atoms with Crippen LogP contribution in [0.1, 0.15) is 12.6 Å². The number of anilines is 2. The van der Waals surface area contributed by atoms with Gasteiger partial charge in [0, 0.05) is 31.6 Å². The summed E-state index contributed by atoms with van der Waals surface area (Å²) < 4.78 is 21.3. The van der Waals surface area contributed by atoms with E-state index >= 15 is 0 Å². The average molecular weight is 401 g/mol. The van der Waals surface area contributed by atoms with E-state index in [0.29, 0.717) is 48.7 Å². The second-order valence-electron chi connectivity index (χ2n) is 8.34. The molecule has 5 rings (SSSR count). The van der Waals surface area contributed by atoms with E-state index < -0.39 is 11.9 Å². The van der Waals surface area contributed by atoms with Crippen LogP contribution in [0.25, 0.3) is 11.0 Å². The number of ether oxygens (including phenoxy) is 1. The SMILES string of the molecule is Cc1nc2c(cc1F)c1c(c(=O)n2C)N(C2COC2)C(=O)C2CN(C)C(C)CN12. The summed E-state index contributed by atoms with van der Waals surface area (Å²) in [7, 11) is 3.61. The fraction of sp³-hybridized carbons (Fsp3) is 0.550. The molecule has 0 aromatic carbocycles. The highest BCUT2D eigenvalue weighted by Crippen LogP contribution is 2.42. The van der Waals surface area contributed by atoms with Gasteiger partial charge in [0.2, 0.25) is 0 Å². The summed E-state index contributed by atoms with van der Waals surface area (Å²) >= 11 is 0. The van der Waals surface area contributed by atoms with Crippen molar-refractivity contribution in [1.82, 2.24) is 14.5 Å². The molecule has 2 fully saturated rings. The first-order chi connectivity index (χ1) is 13.8. The third kappa shape index (κ3) is 2.47. The van der Waals surface area contributed by atoms with Gasteiger partial charge in [0.05, 0.1) is 30.6 Å². The molecule has 0 aliphatic carbocycles. The van der Waals surface area contributed by atoms with Crippen molar-refractivity contribution >= 4 is 28.3 Å². The van der Waals surface area contributed by atoms with Crippen LogP contribution < -0.4 is 15.4 Å². The van der Waals surface area contributed by atoms with E-state index in [4.69, 9.17) is 4.74 Å². The van der Waals surface area contributed by atoms with Crippen molar-refractivity contribution in [3.05, 3.63) is 27.9 Å². The molecular formula is C20H24FN5O3. The maximum atomic E-state index is 14.5. The maximum Gasteiger partial charge on any atom is 0.278 e. The largest absolute Gasteiger partial charge is 0.377 e. The summed E-state index contributed by atoms with van der Waals surface area (Å²) in [5, 5.41) is 0.560. The van der Waals surface area contributed by atoms with E-state index in [2.05, 4.69) is 16.8 Å². The van der Waals surface area contributed by atoms with Crippen LogP contribution >= 0.6 is 0 Å². The van der Waals surface area contributed by atoms with E-state index in [1.54, 1.807) is 18.9 Å². The number of nitrogens with zero attached hydrogens (tertiary/aromatic N) is 5. The molecule has 29 heavy (non-hydrogen) atoms. The number of piperazine rings is 1. The summed E-state index contributed by atoms with van der Waals surface area (Å²) in [6.45, 7) is 5.58. The maximum absolute atomic E-state index is 14.5. The summed E-state index contributed by atoms with van der Waals surface area (Å²) in [5.74, 6) is -0.519. The summed E-state index contributed by atoms with van der Waals surface area (Å²) in [6, 6.07) is 1.03. The van der Waals surface area contributed by atoms with Crippen LogP contribution in [0, 0.1) is 12.7 Å². The van der Waals surface area contributed by atoms with Gasteiger partial charge in [-0.3, -0.25) is 24.0 Å². The summed E-state index contributed by atoms with van der Waals surface area (Å²) in [5.41, 5.74) is 1.31. The van der Waals surface area contributed by atoms with E-state index in [1.807, 2.05) is 11.9 Å². The minimum atomic E-state index is -0.427. The van der Waals surface area contributed by atoms with Crippen LogP contribution in [0.2, 0.25) is 0 Å². The number of rotatable bonds is 1. The van der Waals surface area contributed by atoms with Crippen molar-refractivity contribution < 1.29 is 13.9 Å². The van der Waals surface area contributed by atoms with Crippen molar-refractivity contribution in [1.29, 1.82) is 0 Å². The van der Waals surface area contributed by atoms with Gasteiger partial charge in [-0.25, -0.2) is 9.37 Å². The van der Waals surface area contributed by atoms with E-state index in [9.17, 15) is 14.0 Å². The second kappa shape index (κ2) is 6.24. The fourth-order valence-electron chi connectivity index (χ4n) is 4.56. The third-order valence-corrected chi connectivity index (χ3v) is 6.52. The molecule has 0 bridgehead atoms. The van der Waals surface area contributed by atoms with Gasteiger partial charge in [0.1, 0.15) is 23.2 Å². The quantitative estimate of drug-likeness (QED) is 0.698. The molecule has 0 N–H and O–H groups in total. The lowest BCUT2D eigenvalue weighted by atomic mass is 9.97. The molecule has 2 unspecified atom stereocenters. The molecule has 154 valence electrons. The predicted molar refractivity (Wildman–Crippen MR) is 107 cm³/mol. The van der Waals surface area contributed by atoms with Crippen LogP contribution in [0.4, 0.5) is 15.8 Å². The molecule has 8 nitrogen and oxygen atoms in total. The highest BCUT2D eigenvalue weighted by Gasteiger charge is 2.48. The molecule has 9 heteroatoms. The highest BCUT2D eigenvalue weighted by atomic mass is 19.1. The minimum absolute atomic E-state index is 0.0958. The number of halogens is 1. The van der Waals surface area contributed by atoms with Crippen LogP contribution in [0.3, 0.4) is 0 Å². The molecule has 2 atom stereocenters. The molecule has 2 aromatic rings. The lowest BCUT2D eigenvalue weighted by Gasteiger charge is -2.52. The molecule has 1 amide bonds. The van der Waals surface area contributed by atoms with Crippen LogP contribution in [-0.4, -0.2) is 71.8 Å². The van der Waals surface area contributed by atoms with Gasteiger partial charge in [0.15, 0.2) is 0 Å². The summed E-state index contributed by atoms with van der Waals surface area (Å²) in [6.07, 6.45) is 0. The molecule has 0 saturated carbocycles. The number of carbonyl (C=O) groups excluding carboxylic acids is 1. The fourth-order valence-corrected chi connectivity index (χ4v) is 4.56. The van der Waals surface area contributed by atoms with Crippen molar-refractivity contribution in [3.63, 3.8) is 0 Å². The number of aryl methyl sites for hydroxylation is 2. The van der Waals surface area contributed by atoms with Crippen molar-refractivity contribution in [2.75, 3.05) is 43.2 Å². The number of fused-ring (bicyclic) bond motifs is 5. The normalized spacial score (nSPS) is 25.2. The Bertz CT molecular complexity index is 1100. The minimum Gasteiger partial charge on any atom is -0.377 e. The first kappa shape index (κ1) is 18.5. The van der Waals surface area contributed by atoms with Crippen LogP contribution in [-0.2, 0) is 16.6 Å². The standard InChI is InChI=1S/C20H24FN5O3/c1-10-6-25-15(7-23(10)3)19(27)26(12-8-29-9-12)17-16(25)13-5-14(21)11(2)22-18(13)24(4)20(17)28/h5,10,12,15H,6-9H2,1-4H3. The number of hydrogen-bond donors (Lipinski definition) is 0. The smallest absolute Gasteiger partial charge is 0.278 e. The lowest BCUT2D eigenvalue weighted by molar-refractivity contribution is -0.124. The Kier molecular flexibility index (Phi) is 3.98. The number of likely N-dealkylation sites (N-methyl/N-ethyl adjacent to an activating group) is 1. The predicted octanol–water partition coefficient (Wildman–Crippen LogP) is 0.635. The van der Waals surface area contributed by atoms with Gasteiger partial charge in [-0.2, -0.15) is 0 Å². The molecule has 2 saturated heterocycles. The molecule has 3 aliphatic rings. The number of aromatic nitrogens is 2. The summed E-state index contributed by atoms with van der Waals surface area (Å²) in [4.78, 5) is 37.0. The molecule has 0 spiro atoms. The second-order valence-corrected chi connectivity index (χ2v) is 8.34. The Balaban J connectivity index is 1.86. The van der Waals surface area contributed by atoms with Crippen LogP contribution in [0.5, 0.6) is 0 Å². The molecule has 0 radical (unpaired) electrons. The Morgan fingerprint density at radius 3 is 2.55 bits per heavy atom. The molecule has 3 aliphatic heterocycles. The first-order valence-electron chi connectivity index (χ1n) is 9.87. The average Bonchev–Trinajstić information content (AvgIpc) is 2.64. The Morgan fingerprint density at radius 2 is 1.90 bits per heavy atom. The Hall–Kier alpha value is -2.52. The van der Waals surface area contributed by atoms with Crippen molar-refractivity contribution in [3.8, 4) is 0 Å². The number of amides is 1. The van der Waals surface area contributed by atoms with Crippen molar-refractivity contribution in [2.45, 2.75) is 32.0 Å². The molecular weight excluding hydrogens is 377 g/mol. The van der Waals surface area contributed by atoms with E-state index in [0.717, 1.165) is 0 Å². The van der Waals surface area contributed by atoms with Gasteiger partial charge >= 0.3 is 0 Å². The van der Waals surface area contributed by atoms with Gasteiger partial charge in [-0.1, -0.05) is 0 Å². The first-order valence-corrected chi connectivity index (χ1v) is 9.87. The zero-order valence-corrected chi connectivity index (χ0v) is 17.0. The number of pyridine rings is 2. The monoisotopic (exact) mass is 401 g/mol. The Labute approximate surface area is 167 Å². The van der Waals surface area contributed by atoms with Crippen LogP contribution in [0.15, 0.2) is 10.9 Å². The zero-order valence-electron chi connectivity index (χ0n) is 17.0. The third-order valence-electron chi connectivity index (χ3n) is 6.52. The molecule has 5 heterocycles. The zero-order chi connectivity index (χ0) is 20.6. The van der Waals surface area contributed by atoms with Crippen molar-refractivity contribution in [2.24, 2.45) is 7.05 Å². The van der Waals surface area contributed by atoms with E-state index in [1.165, 1.54) is 10.6 Å². The molecule has 2 aromatic heterocycles. The Morgan fingerprint density at radius 1 is 1.17 bits per heavy atom.